The van der Waals surface area contributed by atoms with E-state index in [0.29, 0.717) is 18.0 Å². The largest absolute Gasteiger partial charge is 0.496 e. The Hall–Kier alpha value is -4.17. The first kappa shape index (κ1) is 29.3. The molecule has 2 aromatic carbocycles. The summed E-state index contributed by atoms with van der Waals surface area (Å²) >= 11 is 0. The lowest BCUT2D eigenvalue weighted by Crippen LogP contribution is -2.36. The Morgan fingerprint density at radius 2 is 1.81 bits per heavy atom. The second-order valence-electron chi connectivity index (χ2n) is 11.9. The van der Waals surface area contributed by atoms with Crippen molar-refractivity contribution < 1.29 is 23.8 Å². The van der Waals surface area contributed by atoms with Crippen LogP contribution in [0.3, 0.4) is 0 Å². The van der Waals surface area contributed by atoms with Crippen molar-refractivity contribution in [1.82, 2.24) is 14.5 Å². The average molecular weight is 570 g/mol. The average Bonchev–Trinajstić information content (AvgIpc) is 3.44. The van der Waals surface area contributed by atoms with Gasteiger partial charge in [-0.05, 0) is 94.6 Å². The fourth-order valence-electron chi connectivity index (χ4n) is 5.97. The van der Waals surface area contributed by atoms with Crippen LogP contribution in [0.15, 0.2) is 67.0 Å². The molecule has 0 unspecified atom stereocenters. The Morgan fingerprint density at radius 3 is 2.45 bits per heavy atom. The van der Waals surface area contributed by atoms with Gasteiger partial charge in [0.15, 0.2) is 0 Å². The normalized spacial score (nSPS) is 17.7. The van der Waals surface area contributed by atoms with Gasteiger partial charge in [-0.1, -0.05) is 18.2 Å². The number of pyridine rings is 1. The number of benzene rings is 2. The van der Waals surface area contributed by atoms with E-state index in [2.05, 4.69) is 16.0 Å². The lowest BCUT2D eigenvalue weighted by molar-refractivity contribution is 0.0542. The Morgan fingerprint density at radius 1 is 1.05 bits per heavy atom. The summed E-state index contributed by atoms with van der Waals surface area (Å²) < 4.78 is 18.1. The van der Waals surface area contributed by atoms with Gasteiger partial charge in [0.05, 0.1) is 25.3 Å². The van der Waals surface area contributed by atoms with Crippen LogP contribution >= 0.6 is 0 Å². The molecule has 2 aromatic heterocycles. The van der Waals surface area contributed by atoms with E-state index in [1.807, 2.05) is 82.4 Å². The molecule has 5 rings (SSSR count). The molecule has 3 heterocycles. The lowest BCUT2D eigenvalue weighted by Gasteiger charge is -2.40. The fourth-order valence-corrected chi connectivity index (χ4v) is 5.97. The molecule has 8 nitrogen and oxygen atoms in total. The second kappa shape index (κ2) is 12.0. The zero-order chi connectivity index (χ0) is 30.0. The molecule has 4 aromatic rings. The van der Waals surface area contributed by atoms with Gasteiger partial charge in [-0.15, -0.1) is 0 Å². The smallest absolute Gasteiger partial charge is 0.419 e. The Balaban J connectivity index is 1.53. The number of hydrogen-bond acceptors (Lipinski definition) is 7. The number of carbonyl (C=O) groups excluding carboxylic acids is 2. The van der Waals surface area contributed by atoms with Crippen molar-refractivity contribution in [2.75, 3.05) is 20.8 Å². The highest BCUT2D eigenvalue weighted by molar-refractivity contribution is 5.95. The first-order chi connectivity index (χ1) is 20.1. The Bertz CT molecular complexity index is 1570. The highest BCUT2D eigenvalue weighted by Crippen LogP contribution is 2.42. The maximum atomic E-state index is 13.1. The molecule has 1 saturated heterocycles. The summed E-state index contributed by atoms with van der Waals surface area (Å²) in [4.78, 5) is 32.3. The van der Waals surface area contributed by atoms with Crippen molar-refractivity contribution in [2.24, 2.45) is 0 Å². The van der Waals surface area contributed by atoms with Gasteiger partial charge in [0, 0.05) is 47.5 Å². The summed E-state index contributed by atoms with van der Waals surface area (Å²) in [5, 5.41) is 0.962. The highest BCUT2D eigenvalue weighted by Gasteiger charge is 2.33. The molecular formula is C34H39N3O5. The molecule has 42 heavy (non-hydrogen) atoms. The minimum atomic E-state index is -0.606. The summed E-state index contributed by atoms with van der Waals surface area (Å²) in [6.45, 7) is 9.05. The van der Waals surface area contributed by atoms with E-state index in [1.165, 1.54) is 7.11 Å². The molecule has 0 spiro atoms. The van der Waals surface area contributed by atoms with Gasteiger partial charge in [-0.3, -0.25) is 14.5 Å². The number of rotatable bonds is 6. The third-order valence-corrected chi connectivity index (χ3v) is 7.94. The molecule has 1 aliphatic rings. The molecule has 2 atom stereocenters. The van der Waals surface area contributed by atoms with Crippen LogP contribution in [0.1, 0.15) is 78.3 Å². The number of ether oxygens (including phenoxy) is 3. The van der Waals surface area contributed by atoms with Crippen LogP contribution in [-0.2, 0) is 16.0 Å². The van der Waals surface area contributed by atoms with Crippen LogP contribution in [0.4, 0.5) is 4.79 Å². The predicted octanol–water partition coefficient (Wildman–Crippen LogP) is 7.04. The molecule has 1 aliphatic heterocycles. The number of nitrogens with zero attached hydrogens (tertiary/aromatic N) is 3. The van der Waals surface area contributed by atoms with Gasteiger partial charge >= 0.3 is 12.1 Å². The van der Waals surface area contributed by atoms with E-state index in [4.69, 9.17) is 14.2 Å². The fraction of sp³-hybridized carbons (Fsp3) is 0.382. The zero-order valence-electron chi connectivity index (χ0n) is 25.2. The SMILES string of the molecule is COC(=O)c1ccc([C@H]2C[C@H](c3ccccn3)CCN2Cc2c(OC)cc(C)c3c2ccn3C(=O)OC(C)(C)C)cc1. The Kier molecular flexibility index (Phi) is 8.36. The number of fused-ring (bicyclic) bond motifs is 1. The molecule has 0 aliphatic carbocycles. The van der Waals surface area contributed by atoms with Crippen molar-refractivity contribution >= 4 is 23.0 Å². The summed E-state index contributed by atoms with van der Waals surface area (Å²) in [6, 6.07) is 17.8. The maximum absolute atomic E-state index is 13.1. The molecule has 220 valence electrons. The first-order valence-electron chi connectivity index (χ1n) is 14.3. The molecule has 0 bridgehead atoms. The summed E-state index contributed by atoms with van der Waals surface area (Å²) in [7, 11) is 3.08. The van der Waals surface area contributed by atoms with Gasteiger partial charge in [0.2, 0.25) is 0 Å². The number of piperidine rings is 1. The van der Waals surface area contributed by atoms with Crippen molar-refractivity contribution in [3.8, 4) is 5.75 Å². The van der Waals surface area contributed by atoms with Crippen LogP contribution in [0, 0.1) is 6.92 Å². The molecular weight excluding hydrogens is 530 g/mol. The number of carbonyl (C=O) groups is 2. The first-order valence-corrected chi connectivity index (χ1v) is 14.3. The van der Waals surface area contributed by atoms with Gasteiger partial charge in [0.25, 0.3) is 0 Å². The van der Waals surface area contributed by atoms with E-state index in [1.54, 1.807) is 17.9 Å². The van der Waals surface area contributed by atoms with Gasteiger partial charge in [0.1, 0.15) is 11.4 Å². The number of esters is 1. The topological polar surface area (TPSA) is 82.9 Å². The lowest BCUT2D eigenvalue weighted by atomic mass is 9.84. The second-order valence-corrected chi connectivity index (χ2v) is 11.9. The predicted molar refractivity (Wildman–Crippen MR) is 162 cm³/mol. The molecule has 0 N–H and O–H groups in total. The monoisotopic (exact) mass is 569 g/mol. The third-order valence-electron chi connectivity index (χ3n) is 7.94. The quantitative estimate of drug-likeness (QED) is 0.230. The van der Waals surface area contributed by atoms with Crippen molar-refractivity contribution in [3.63, 3.8) is 0 Å². The van der Waals surface area contributed by atoms with Crippen LogP contribution in [0.25, 0.3) is 10.9 Å². The number of methoxy groups -OCH3 is 2. The van der Waals surface area contributed by atoms with E-state index >= 15 is 0 Å². The third kappa shape index (κ3) is 6.04. The van der Waals surface area contributed by atoms with Gasteiger partial charge < -0.3 is 14.2 Å². The Labute approximate surface area is 247 Å². The summed E-state index contributed by atoms with van der Waals surface area (Å²) in [5.41, 5.74) is 4.91. The van der Waals surface area contributed by atoms with Crippen LogP contribution in [-0.4, -0.2) is 52.9 Å². The van der Waals surface area contributed by atoms with E-state index in [-0.39, 0.29) is 12.0 Å². The standard InChI is InChI=1S/C34H39N3O5/c1-22-19-30(40-5)27(26-15-18-37(31(22)26)33(39)42-34(2,3)4)21-36-17-14-25(28-9-7-8-16-35-28)20-29(36)23-10-12-24(13-11-23)32(38)41-6/h7-13,15-16,18-19,25,29H,14,17,20-21H2,1-6H3/t25-,29-/m1/s1. The van der Waals surface area contributed by atoms with Crippen molar-refractivity contribution in [3.05, 3.63) is 94.9 Å². The molecule has 0 saturated carbocycles. The minimum Gasteiger partial charge on any atom is -0.496 e. The highest BCUT2D eigenvalue weighted by atomic mass is 16.6. The minimum absolute atomic E-state index is 0.0754. The summed E-state index contributed by atoms with van der Waals surface area (Å²) in [6.07, 6.45) is 5.07. The zero-order valence-corrected chi connectivity index (χ0v) is 25.2. The molecule has 8 heteroatoms. The maximum Gasteiger partial charge on any atom is 0.419 e. The van der Waals surface area contributed by atoms with Crippen molar-refractivity contribution in [1.29, 1.82) is 0 Å². The van der Waals surface area contributed by atoms with E-state index in [0.717, 1.165) is 58.4 Å². The van der Waals surface area contributed by atoms with Gasteiger partial charge in [-0.25, -0.2) is 9.59 Å². The molecule has 0 radical (unpaired) electrons. The van der Waals surface area contributed by atoms with Crippen molar-refractivity contribution in [2.45, 2.75) is 64.6 Å². The number of hydrogen-bond donors (Lipinski definition) is 0. The van der Waals surface area contributed by atoms with Crippen LogP contribution < -0.4 is 4.74 Å². The van der Waals surface area contributed by atoms with E-state index in [9.17, 15) is 9.59 Å². The van der Waals surface area contributed by atoms with Crippen LogP contribution in [0.5, 0.6) is 5.75 Å². The van der Waals surface area contributed by atoms with Crippen LogP contribution in [0.2, 0.25) is 0 Å². The summed E-state index contributed by atoms with van der Waals surface area (Å²) in [5.74, 6) is 0.740. The van der Waals surface area contributed by atoms with Gasteiger partial charge in [-0.2, -0.15) is 0 Å². The molecule has 0 amide bonds. The number of likely N-dealkylation sites (tertiary alicyclic amines) is 1. The number of aryl methyl sites for hydroxylation is 1. The molecule has 1 fully saturated rings. The van der Waals surface area contributed by atoms with E-state index < -0.39 is 11.7 Å². The number of aromatic nitrogens is 2.